The summed E-state index contributed by atoms with van der Waals surface area (Å²) in [5.41, 5.74) is 6.02. The summed E-state index contributed by atoms with van der Waals surface area (Å²) in [6.45, 7) is 3.23. The molecule has 3 nitrogen and oxygen atoms in total. The fraction of sp³-hybridized carbons (Fsp3) is 1.00. The van der Waals surface area contributed by atoms with Crippen LogP contribution in [0.5, 0.6) is 0 Å². The lowest BCUT2D eigenvalue weighted by atomic mass is 9.98. The first-order valence-corrected chi connectivity index (χ1v) is 5.74. The van der Waals surface area contributed by atoms with E-state index in [1.165, 1.54) is 25.7 Å². The van der Waals surface area contributed by atoms with Gasteiger partial charge < -0.3 is 10.5 Å². The molecule has 0 aliphatic carbocycles. The number of ether oxygens (including phenoxy) is 1. The molecular weight excluding hydrogens is 176 g/mol. The summed E-state index contributed by atoms with van der Waals surface area (Å²) in [7, 11) is 1.79. The molecule has 2 saturated heterocycles. The van der Waals surface area contributed by atoms with E-state index < -0.39 is 0 Å². The van der Waals surface area contributed by atoms with Crippen LogP contribution in [0, 0.1) is 0 Å². The third-order valence-electron chi connectivity index (χ3n) is 3.79. The zero-order chi connectivity index (χ0) is 10.1. The third kappa shape index (κ3) is 1.95. The highest BCUT2D eigenvalue weighted by molar-refractivity contribution is 4.96. The van der Waals surface area contributed by atoms with Crippen molar-refractivity contribution in [3.63, 3.8) is 0 Å². The molecule has 0 spiro atoms. The van der Waals surface area contributed by atoms with E-state index >= 15 is 0 Å². The van der Waals surface area contributed by atoms with Gasteiger partial charge in [-0.25, -0.2) is 0 Å². The Hall–Kier alpha value is -0.120. The largest absolute Gasteiger partial charge is 0.380 e. The van der Waals surface area contributed by atoms with E-state index in [1.54, 1.807) is 7.11 Å². The lowest BCUT2D eigenvalue weighted by Gasteiger charge is -2.38. The Bertz CT molecular complexity index is 184. The zero-order valence-electron chi connectivity index (χ0n) is 9.28. The normalized spacial score (nSPS) is 40.1. The summed E-state index contributed by atoms with van der Waals surface area (Å²) in [5, 5.41) is 0. The van der Waals surface area contributed by atoms with Crippen LogP contribution < -0.4 is 5.73 Å². The van der Waals surface area contributed by atoms with Gasteiger partial charge in [0.25, 0.3) is 0 Å². The molecule has 3 atom stereocenters. The molecule has 3 heteroatoms. The van der Waals surface area contributed by atoms with Crippen molar-refractivity contribution in [2.75, 3.05) is 13.7 Å². The van der Waals surface area contributed by atoms with Crippen molar-refractivity contribution in [2.24, 2.45) is 5.73 Å². The quantitative estimate of drug-likeness (QED) is 0.734. The maximum Gasteiger partial charge on any atom is 0.0670 e. The van der Waals surface area contributed by atoms with E-state index in [1.807, 2.05) is 0 Å². The Labute approximate surface area is 86.6 Å². The molecule has 2 heterocycles. The van der Waals surface area contributed by atoms with E-state index in [0.29, 0.717) is 12.1 Å². The van der Waals surface area contributed by atoms with Gasteiger partial charge in [-0.2, -0.15) is 0 Å². The van der Waals surface area contributed by atoms with Crippen molar-refractivity contribution in [1.29, 1.82) is 0 Å². The Morgan fingerprint density at radius 2 is 1.93 bits per heavy atom. The summed E-state index contributed by atoms with van der Waals surface area (Å²) in [5.74, 6) is 0. The summed E-state index contributed by atoms with van der Waals surface area (Å²) in [6.07, 6.45) is 5.41. The Morgan fingerprint density at radius 1 is 1.36 bits per heavy atom. The van der Waals surface area contributed by atoms with Crippen LogP contribution in [0.4, 0.5) is 0 Å². The van der Waals surface area contributed by atoms with Crippen molar-refractivity contribution in [2.45, 2.75) is 56.8 Å². The van der Waals surface area contributed by atoms with Crippen molar-refractivity contribution in [1.82, 2.24) is 4.90 Å². The molecule has 2 aliphatic rings. The smallest absolute Gasteiger partial charge is 0.0670 e. The second-order valence-electron chi connectivity index (χ2n) is 4.86. The first kappa shape index (κ1) is 10.4. The number of hydrogen-bond acceptors (Lipinski definition) is 3. The second-order valence-corrected chi connectivity index (χ2v) is 4.86. The zero-order valence-corrected chi connectivity index (χ0v) is 9.28. The number of fused-ring (bicyclic) bond motifs is 2. The molecule has 0 aromatic carbocycles. The maximum absolute atomic E-state index is 6.02. The molecule has 2 bridgehead atoms. The minimum Gasteiger partial charge on any atom is -0.380 e. The van der Waals surface area contributed by atoms with Gasteiger partial charge in [-0.3, -0.25) is 4.90 Å². The van der Waals surface area contributed by atoms with E-state index in [9.17, 15) is 0 Å². The second kappa shape index (κ2) is 4.17. The van der Waals surface area contributed by atoms with Gasteiger partial charge in [0.15, 0.2) is 0 Å². The molecule has 0 aromatic heterocycles. The molecule has 0 radical (unpaired) electrons. The average Bonchev–Trinajstić information content (AvgIpc) is 2.41. The first-order valence-electron chi connectivity index (χ1n) is 5.74. The predicted molar refractivity (Wildman–Crippen MR) is 57.2 cm³/mol. The van der Waals surface area contributed by atoms with Crippen LogP contribution in [-0.4, -0.2) is 42.8 Å². The van der Waals surface area contributed by atoms with Crippen LogP contribution in [0.25, 0.3) is 0 Å². The van der Waals surface area contributed by atoms with Gasteiger partial charge in [0.2, 0.25) is 0 Å². The molecule has 2 aliphatic heterocycles. The molecule has 3 unspecified atom stereocenters. The monoisotopic (exact) mass is 198 g/mol. The molecule has 2 rings (SSSR count). The number of nitrogens with zero attached hydrogens (tertiary/aromatic N) is 1. The van der Waals surface area contributed by atoms with Crippen molar-refractivity contribution in [3.05, 3.63) is 0 Å². The summed E-state index contributed by atoms with van der Waals surface area (Å²) in [4.78, 5) is 2.62. The third-order valence-corrected chi connectivity index (χ3v) is 3.79. The molecule has 82 valence electrons. The van der Waals surface area contributed by atoms with Gasteiger partial charge in [0.1, 0.15) is 0 Å². The van der Waals surface area contributed by atoms with Gasteiger partial charge in [0.05, 0.1) is 6.10 Å². The summed E-state index contributed by atoms with van der Waals surface area (Å²) >= 11 is 0. The van der Waals surface area contributed by atoms with Crippen LogP contribution in [0.15, 0.2) is 0 Å². The number of nitrogens with two attached hydrogens (primary N) is 1. The van der Waals surface area contributed by atoms with E-state index in [4.69, 9.17) is 10.5 Å². The van der Waals surface area contributed by atoms with E-state index in [2.05, 4.69) is 11.8 Å². The number of piperidine rings is 1. The maximum atomic E-state index is 6.02. The highest BCUT2D eigenvalue weighted by Gasteiger charge is 2.39. The Kier molecular flexibility index (Phi) is 3.10. The molecule has 2 fully saturated rings. The summed E-state index contributed by atoms with van der Waals surface area (Å²) < 4.78 is 5.33. The highest BCUT2D eigenvalue weighted by Crippen LogP contribution is 2.34. The molecule has 2 N–H and O–H groups in total. The minimum atomic E-state index is 0.354. The first-order chi connectivity index (χ1) is 6.70. The Morgan fingerprint density at radius 3 is 2.43 bits per heavy atom. The van der Waals surface area contributed by atoms with Gasteiger partial charge >= 0.3 is 0 Å². The van der Waals surface area contributed by atoms with E-state index in [0.717, 1.165) is 18.6 Å². The minimum absolute atomic E-state index is 0.354. The van der Waals surface area contributed by atoms with Crippen LogP contribution in [-0.2, 0) is 4.74 Å². The molecule has 0 amide bonds. The van der Waals surface area contributed by atoms with Crippen LogP contribution in [0.1, 0.15) is 32.6 Å². The molecular formula is C11H22N2O. The van der Waals surface area contributed by atoms with Gasteiger partial charge in [-0.05, 0) is 32.6 Å². The lowest BCUT2D eigenvalue weighted by molar-refractivity contribution is 0.0385. The SMILES string of the molecule is COC(C)CN1C2CCC1CC(N)C2. The van der Waals surface area contributed by atoms with Crippen LogP contribution in [0.3, 0.4) is 0 Å². The number of methoxy groups -OCH3 is 1. The standard InChI is InChI=1S/C11H22N2O/c1-8(14-2)7-13-10-3-4-11(13)6-9(12)5-10/h8-11H,3-7,12H2,1-2H3. The van der Waals surface area contributed by atoms with Crippen molar-refractivity contribution >= 4 is 0 Å². The van der Waals surface area contributed by atoms with Crippen molar-refractivity contribution in [3.8, 4) is 0 Å². The van der Waals surface area contributed by atoms with Crippen LogP contribution >= 0.6 is 0 Å². The molecule has 0 saturated carbocycles. The topological polar surface area (TPSA) is 38.5 Å². The predicted octanol–water partition coefficient (Wildman–Crippen LogP) is 0.975. The molecule has 0 aromatic rings. The van der Waals surface area contributed by atoms with E-state index in [-0.39, 0.29) is 0 Å². The Balaban J connectivity index is 1.94. The van der Waals surface area contributed by atoms with Crippen LogP contribution in [0.2, 0.25) is 0 Å². The average molecular weight is 198 g/mol. The highest BCUT2D eigenvalue weighted by atomic mass is 16.5. The fourth-order valence-electron chi connectivity index (χ4n) is 2.99. The van der Waals surface area contributed by atoms with Gasteiger partial charge in [0, 0.05) is 31.8 Å². The number of rotatable bonds is 3. The number of hydrogen-bond donors (Lipinski definition) is 1. The molecule has 14 heavy (non-hydrogen) atoms. The summed E-state index contributed by atoms with van der Waals surface area (Å²) in [6, 6.07) is 1.92. The lowest BCUT2D eigenvalue weighted by Crippen LogP contribution is -2.49. The van der Waals surface area contributed by atoms with Crippen molar-refractivity contribution < 1.29 is 4.74 Å². The fourth-order valence-corrected chi connectivity index (χ4v) is 2.99. The van der Waals surface area contributed by atoms with Gasteiger partial charge in [-0.1, -0.05) is 0 Å². The van der Waals surface area contributed by atoms with Gasteiger partial charge in [-0.15, -0.1) is 0 Å².